The molecule has 0 amide bonds. The van der Waals surface area contributed by atoms with Crippen molar-refractivity contribution in [2.24, 2.45) is 0 Å². The van der Waals surface area contributed by atoms with E-state index < -0.39 is 29.3 Å². The van der Waals surface area contributed by atoms with E-state index in [-0.39, 0.29) is 4.90 Å². The highest BCUT2D eigenvalue weighted by atomic mass is 32.2. The summed E-state index contributed by atoms with van der Waals surface area (Å²) < 4.78 is 26.1. The van der Waals surface area contributed by atoms with E-state index in [9.17, 15) is 8.42 Å². The minimum absolute atomic E-state index is 0.0457. The molecule has 96 valence electrons. The van der Waals surface area contributed by atoms with Crippen LogP contribution < -0.4 is 10.5 Å². The van der Waals surface area contributed by atoms with Gasteiger partial charge in [-0.15, -0.1) is 0 Å². The maximum absolute atomic E-state index is 11.9. The molecule has 0 saturated heterocycles. The van der Waals surface area contributed by atoms with Gasteiger partial charge in [-0.25, -0.2) is 13.1 Å². The van der Waals surface area contributed by atoms with Crippen molar-refractivity contribution in [3.63, 3.8) is 0 Å². The van der Waals surface area contributed by atoms with Crippen LogP contribution in [0.1, 0.15) is 5.56 Å². The molecule has 17 heavy (non-hydrogen) atoms. The molecule has 0 radical (unpaired) electrons. The Labute approximate surface area is 100 Å². The quantitative estimate of drug-likeness (QED) is 0.518. The molecule has 0 aliphatic heterocycles. The van der Waals surface area contributed by atoms with Crippen molar-refractivity contribution in [3.05, 3.63) is 23.8 Å². The van der Waals surface area contributed by atoms with Gasteiger partial charge in [0.15, 0.2) is 0 Å². The Kier molecular flexibility index (Phi) is 4.47. The Balaban J connectivity index is 3.09. The molecule has 0 spiro atoms. The van der Waals surface area contributed by atoms with E-state index >= 15 is 0 Å². The zero-order chi connectivity index (χ0) is 13.1. The van der Waals surface area contributed by atoms with E-state index in [4.69, 9.17) is 15.9 Å². The van der Waals surface area contributed by atoms with Crippen molar-refractivity contribution >= 4 is 15.7 Å². The number of anilines is 1. The summed E-state index contributed by atoms with van der Waals surface area (Å²) in [6, 6.07) is 3.63. The average molecular weight is 260 g/mol. The van der Waals surface area contributed by atoms with Gasteiger partial charge in [0.1, 0.15) is 0 Å². The number of aliphatic hydroxyl groups excluding tert-OH is 2. The summed E-state index contributed by atoms with van der Waals surface area (Å²) in [5.41, 5.74) is 6.43. The first-order valence-corrected chi connectivity index (χ1v) is 6.50. The SMILES string of the molecule is Cc1c(N)cccc1S(=O)(=O)NC(CO)CO. The summed E-state index contributed by atoms with van der Waals surface area (Å²) in [6.45, 7) is 0.644. The lowest BCUT2D eigenvalue weighted by Crippen LogP contribution is -2.40. The number of hydrogen-bond donors (Lipinski definition) is 4. The van der Waals surface area contributed by atoms with Crippen LogP contribution in [0.3, 0.4) is 0 Å². The maximum Gasteiger partial charge on any atom is 0.241 e. The molecule has 0 saturated carbocycles. The summed E-state index contributed by atoms with van der Waals surface area (Å²) in [6.07, 6.45) is 0. The minimum atomic E-state index is -3.79. The number of hydrogen-bond acceptors (Lipinski definition) is 5. The van der Waals surface area contributed by atoms with Crippen molar-refractivity contribution in [3.8, 4) is 0 Å². The van der Waals surface area contributed by atoms with Gasteiger partial charge in [-0.3, -0.25) is 0 Å². The topological polar surface area (TPSA) is 113 Å². The fourth-order valence-electron chi connectivity index (χ4n) is 1.34. The van der Waals surface area contributed by atoms with Gasteiger partial charge < -0.3 is 15.9 Å². The van der Waals surface area contributed by atoms with Gasteiger partial charge >= 0.3 is 0 Å². The Morgan fingerprint density at radius 1 is 1.35 bits per heavy atom. The monoisotopic (exact) mass is 260 g/mol. The normalized spacial score (nSPS) is 12.0. The molecule has 1 aromatic carbocycles. The molecular formula is C10H16N2O4S. The lowest BCUT2D eigenvalue weighted by atomic mass is 10.2. The number of nitrogen functional groups attached to an aromatic ring is 1. The Morgan fingerprint density at radius 2 is 1.94 bits per heavy atom. The first-order chi connectivity index (χ1) is 7.92. The van der Waals surface area contributed by atoms with Crippen LogP contribution in [-0.4, -0.2) is 37.9 Å². The lowest BCUT2D eigenvalue weighted by molar-refractivity contribution is 0.185. The van der Waals surface area contributed by atoms with Crippen molar-refractivity contribution in [1.82, 2.24) is 4.72 Å². The third-order valence-corrected chi connectivity index (χ3v) is 4.04. The Bertz CT molecular complexity index is 483. The second-order valence-electron chi connectivity index (χ2n) is 3.65. The van der Waals surface area contributed by atoms with Gasteiger partial charge in [0.25, 0.3) is 0 Å². The van der Waals surface area contributed by atoms with E-state index in [0.717, 1.165) is 0 Å². The third kappa shape index (κ3) is 3.16. The van der Waals surface area contributed by atoms with Crippen LogP contribution in [0.5, 0.6) is 0 Å². The van der Waals surface area contributed by atoms with Crippen molar-refractivity contribution in [2.75, 3.05) is 18.9 Å². The molecule has 0 atom stereocenters. The van der Waals surface area contributed by atoms with Crippen LogP contribution in [-0.2, 0) is 10.0 Å². The molecule has 0 aromatic heterocycles. The number of nitrogens with one attached hydrogen (secondary N) is 1. The smallest absolute Gasteiger partial charge is 0.241 e. The van der Waals surface area contributed by atoms with Crippen LogP contribution >= 0.6 is 0 Å². The summed E-state index contributed by atoms with van der Waals surface area (Å²) in [5, 5.41) is 17.7. The zero-order valence-electron chi connectivity index (χ0n) is 9.42. The van der Waals surface area contributed by atoms with Gasteiger partial charge in [-0.1, -0.05) is 6.07 Å². The van der Waals surface area contributed by atoms with Gasteiger partial charge in [0, 0.05) is 5.69 Å². The molecule has 0 bridgehead atoms. The highest BCUT2D eigenvalue weighted by Crippen LogP contribution is 2.20. The number of rotatable bonds is 5. The largest absolute Gasteiger partial charge is 0.398 e. The fraction of sp³-hybridized carbons (Fsp3) is 0.400. The molecule has 1 aromatic rings. The Morgan fingerprint density at radius 3 is 2.47 bits per heavy atom. The lowest BCUT2D eigenvalue weighted by Gasteiger charge is -2.15. The summed E-state index contributed by atoms with van der Waals surface area (Å²) in [7, 11) is -3.79. The second kappa shape index (κ2) is 5.46. The van der Waals surface area contributed by atoms with E-state index in [1.54, 1.807) is 13.0 Å². The van der Waals surface area contributed by atoms with Gasteiger partial charge in [-0.2, -0.15) is 0 Å². The first-order valence-electron chi connectivity index (χ1n) is 5.01. The molecule has 0 aliphatic carbocycles. The molecule has 0 aliphatic rings. The molecule has 0 fully saturated rings. The number of sulfonamides is 1. The van der Waals surface area contributed by atoms with Crippen LogP contribution in [0.4, 0.5) is 5.69 Å². The van der Waals surface area contributed by atoms with Crippen molar-refractivity contribution in [2.45, 2.75) is 17.9 Å². The maximum atomic E-state index is 11.9. The van der Waals surface area contributed by atoms with E-state index in [1.807, 2.05) is 0 Å². The van der Waals surface area contributed by atoms with Gasteiger partial charge in [0.05, 0.1) is 24.2 Å². The molecule has 6 nitrogen and oxygen atoms in total. The van der Waals surface area contributed by atoms with Crippen LogP contribution in [0.15, 0.2) is 23.1 Å². The standard InChI is InChI=1S/C10H16N2O4S/c1-7-9(11)3-2-4-10(7)17(15,16)12-8(5-13)6-14/h2-4,8,12-14H,5-6,11H2,1H3. The van der Waals surface area contributed by atoms with Crippen LogP contribution in [0.25, 0.3) is 0 Å². The highest BCUT2D eigenvalue weighted by Gasteiger charge is 2.21. The van der Waals surface area contributed by atoms with Gasteiger partial charge in [-0.05, 0) is 24.6 Å². The summed E-state index contributed by atoms with van der Waals surface area (Å²) >= 11 is 0. The summed E-state index contributed by atoms with van der Waals surface area (Å²) in [4.78, 5) is 0.0457. The number of aliphatic hydroxyl groups is 2. The third-order valence-electron chi connectivity index (χ3n) is 2.38. The van der Waals surface area contributed by atoms with E-state index in [2.05, 4.69) is 4.72 Å². The summed E-state index contributed by atoms with van der Waals surface area (Å²) in [5.74, 6) is 0. The van der Waals surface area contributed by atoms with Crippen molar-refractivity contribution < 1.29 is 18.6 Å². The van der Waals surface area contributed by atoms with E-state index in [0.29, 0.717) is 11.3 Å². The molecule has 0 unspecified atom stereocenters. The van der Waals surface area contributed by atoms with E-state index in [1.165, 1.54) is 12.1 Å². The number of benzene rings is 1. The Hall–Kier alpha value is -1.15. The van der Waals surface area contributed by atoms with Gasteiger partial charge in [0.2, 0.25) is 10.0 Å². The second-order valence-corrected chi connectivity index (χ2v) is 5.34. The molecule has 7 heteroatoms. The van der Waals surface area contributed by atoms with Crippen LogP contribution in [0, 0.1) is 6.92 Å². The highest BCUT2D eigenvalue weighted by molar-refractivity contribution is 7.89. The van der Waals surface area contributed by atoms with Crippen molar-refractivity contribution in [1.29, 1.82) is 0 Å². The predicted octanol–water partition coefficient (Wildman–Crippen LogP) is -0.791. The van der Waals surface area contributed by atoms with Crippen LogP contribution in [0.2, 0.25) is 0 Å². The fourth-order valence-corrected chi connectivity index (χ4v) is 2.83. The minimum Gasteiger partial charge on any atom is -0.398 e. The molecule has 5 N–H and O–H groups in total. The molecule has 0 heterocycles. The number of nitrogens with two attached hydrogens (primary N) is 1. The zero-order valence-corrected chi connectivity index (χ0v) is 10.2. The molecule has 1 rings (SSSR count). The average Bonchev–Trinajstić information content (AvgIpc) is 2.29. The molecular weight excluding hydrogens is 244 g/mol. The first kappa shape index (κ1) is 13.9. The predicted molar refractivity (Wildman–Crippen MR) is 63.9 cm³/mol.